The summed E-state index contributed by atoms with van der Waals surface area (Å²) in [5.74, 6) is 0. The highest BCUT2D eigenvalue weighted by Crippen LogP contribution is 2.50. The molecule has 2 aliphatic rings. The van der Waals surface area contributed by atoms with Gasteiger partial charge in [0, 0.05) is 37.2 Å². The van der Waals surface area contributed by atoms with E-state index >= 15 is 0 Å². The van der Waals surface area contributed by atoms with Gasteiger partial charge in [0.05, 0.1) is 23.8 Å². The Morgan fingerprint density at radius 3 is 2.80 bits per heavy atom. The Morgan fingerprint density at radius 2 is 2.20 bits per heavy atom. The molecule has 0 aromatic heterocycles. The normalized spacial score (nSPS) is 24.5. The molecule has 0 radical (unpaired) electrons. The van der Waals surface area contributed by atoms with Crippen LogP contribution in [0.1, 0.15) is 37.3 Å². The van der Waals surface area contributed by atoms with Gasteiger partial charge in [-0.1, -0.05) is 6.07 Å². The first kappa shape index (κ1) is 17.7. The van der Waals surface area contributed by atoms with Crippen LogP contribution in [0.2, 0.25) is 0 Å². The Hall–Kier alpha value is -2.10. The van der Waals surface area contributed by atoms with E-state index in [0.29, 0.717) is 37.4 Å². The van der Waals surface area contributed by atoms with Crippen LogP contribution in [0, 0.1) is 23.7 Å². The molecule has 25 heavy (non-hydrogen) atoms. The number of anilines is 1. The summed E-state index contributed by atoms with van der Waals surface area (Å²) in [6, 6.07) is 7.28. The van der Waals surface area contributed by atoms with Gasteiger partial charge in [-0.3, -0.25) is 0 Å². The molecule has 2 fully saturated rings. The van der Waals surface area contributed by atoms with Crippen LogP contribution < -0.4 is 5.32 Å². The number of amides is 2. The summed E-state index contributed by atoms with van der Waals surface area (Å²) in [6.45, 7) is 5.65. The van der Waals surface area contributed by atoms with E-state index in [1.165, 1.54) is 0 Å². The number of carbonyl (C=O) groups is 1. The van der Waals surface area contributed by atoms with Crippen molar-refractivity contribution in [3.05, 3.63) is 29.3 Å². The van der Waals surface area contributed by atoms with Crippen molar-refractivity contribution in [2.75, 3.05) is 25.0 Å². The Labute approximate surface area is 148 Å². The van der Waals surface area contributed by atoms with Crippen molar-refractivity contribution in [3.8, 4) is 6.07 Å². The molecule has 3 rings (SSSR count). The molecule has 1 aliphatic heterocycles. The predicted octanol–water partition coefficient (Wildman–Crippen LogP) is 2.65. The van der Waals surface area contributed by atoms with Crippen LogP contribution in [0.4, 0.5) is 10.5 Å². The lowest BCUT2D eigenvalue weighted by Gasteiger charge is -2.56. The lowest BCUT2D eigenvalue weighted by Crippen LogP contribution is -2.63. The minimum absolute atomic E-state index is 0.104. The van der Waals surface area contributed by atoms with Gasteiger partial charge in [0.15, 0.2) is 0 Å². The first-order valence-corrected chi connectivity index (χ1v) is 8.87. The molecule has 1 heterocycles. The summed E-state index contributed by atoms with van der Waals surface area (Å²) in [5.41, 5.74) is 1.81. The molecule has 1 saturated carbocycles. The van der Waals surface area contributed by atoms with Crippen LogP contribution >= 0.6 is 0 Å². The number of piperidine rings is 1. The molecule has 134 valence electrons. The highest BCUT2D eigenvalue weighted by molar-refractivity contribution is 5.90. The zero-order valence-corrected chi connectivity index (χ0v) is 14.8. The number of nitrogens with one attached hydrogen (secondary N) is 1. The summed E-state index contributed by atoms with van der Waals surface area (Å²) in [4.78, 5) is 14.3. The van der Waals surface area contributed by atoms with E-state index in [1.54, 1.807) is 23.1 Å². The highest BCUT2D eigenvalue weighted by atomic mass is 16.5. The summed E-state index contributed by atoms with van der Waals surface area (Å²) in [7, 11) is 0. The minimum atomic E-state index is -0.330. The second kappa shape index (κ2) is 7.03. The maximum absolute atomic E-state index is 12.6. The molecule has 1 spiro atoms. The molecule has 1 aromatic rings. The van der Waals surface area contributed by atoms with Crippen LogP contribution in [0.5, 0.6) is 0 Å². The fraction of sp³-hybridized carbons (Fsp3) is 0.579. The molecule has 6 heteroatoms. The molecular formula is C19H25N3O3. The number of likely N-dealkylation sites (tertiary alicyclic amines) is 1. The van der Waals surface area contributed by atoms with E-state index in [9.17, 15) is 9.90 Å². The molecule has 2 N–H and O–H groups in total. The Balaban J connectivity index is 1.62. The summed E-state index contributed by atoms with van der Waals surface area (Å²) in [6.07, 6.45) is 1.98. The lowest BCUT2D eigenvalue weighted by molar-refractivity contribution is -0.207. The number of carbonyl (C=O) groups excluding carboxylic acids is 1. The Bertz CT molecular complexity index is 688. The summed E-state index contributed by atoms with van der Waals surface area (Å²) in [5, 5.41) is 22.3. The van der Waals surface area contributed by atoms with Crippen LogP contribution in [-0.4, -0.2) is 47.9 Å². The monoisotopic (exact) mass is 343 g/mol. The first-order chi connectivity index (χ1) is 12.0. The maximum atomic E-state index is 12.6. The third-order valence-electron chi connectivity index (χ3n) is 5.79. The van der Waals surface area contributed by atoms with Gasteiger partial charge in [0.25, 0.3) is 0 Å². The number of aliphatic hydroxyl groups excluding tert-OH is 1. The SMILES string of the molecule is CCO[C@@H]1C[C@@H](O)C12CCN(C(=O)Nc1cccc(C#N)c1C)CC2. The molecular weight excluding hydrogens is 318 g/mol. The molecule has 1 saturated heterocycles. The van der Waals surface area contributed by atoms with Crippen molar-refractivity contribution in [1.29, 1.82) is 5.26 Å². The smallest absolute Gasteiger partial charge is 0.321 e. The predicted molar refractivity (Wildman–Crippen MR) is 94.2 cm³/mol. The van der Waals surface area contributed by atoms with Gasteiger partial charge in [-0.25, -0.2) is 4.79 Å². The van der Waals surface area contributed by atoms with Crippen molar-refractivity contribution in [2.24, 2.45) is 5.41 Å². The zero-order chi connectivity index (χ0) is 18.0. The largest absolute Gasteiger partial charge is 0.392 e. The summed E-state index contributed by atoms with van der Waals surface area (Å²) >= 11 is 0. The molecule has 1 aliphatic carbocycles. The molecule has 0 unspecified atom stereocenters. The fourth-order valence-corrected chi connectivity index (χ4v) is 4.03. The van der Waals surface area contributed by atoms with Gasteiger partial charge in [-0.2, -0.15) is 5.26 Å². The first-order valence-electron chi connectivity index (χ1n) is 8.87. The topological polar surface area (TPSA) is 85.6 Å². The average Bonchev–Trinajstić information content (AvgIpc) is 2.63. The third kappa shape index (κ3) is 3.10. The second-order valence-corrected chi connectivity index (χ2v) is 6.94. The van der Waals surface area contributed by atoms with Crippen LogP contribution in [-0.2, 0) is 4.74 Å². The van der Waals surface area contributed by atoms with Gasteiger partial charge < -0.3 is 20.1 Å². The number of nitriles is 1. The van der Waals surface area contributed by atoms with Gasteiger partial charge in [-0.05, 0) is 44.4 Å². The molecule has 1 aromatic carbocycles. The van der Waals surface area contributed by atoms with E-state index in [1.807, 2.05) is 13.8 Å². The van der Waals surface area contributed by atoms with E-state index in [4.69, 9.17) is 10.00 Å². The fourth-order valence-electron chi connectivity index (χ4n) is 4.03. The number of nitrogens with zero attached hydrogens (tertiary/aromatic N) is 2. The lowest BCUT2D eigenvalue weighted by atomic mass is 9.58. The van der Waals surface area contributed by atoms with Crippen molar-refractivity contribution in [3.63, 3.8) is 0 Å². The number of rotatable bonds is 3. The van der Waals surface area contributed by atoms with E-state index in [0.717, 1.165) is 18.4 Å². The maximum Gasteiger partial charge on any atom is 0.321 e. The zero-order valence-electron chi connectivity index (χ0n) is 14.8. The van der Waals surface area contributed by atoms with Crippen LogP contribution in [0.25, 0.3) is 0 Å². The molecule has 0 bridgehead atoms. The molecule has 2 amide bonds. The van der Waals surface area contributed by atoms with Gasteiger partial charge in [0.2, 0.25) is 0 Å². The van der Waals surface area contributed by atoms with E-state index in [2.05, 4.69) is 11.4 Å². The standard InChI is InChI=1S/C19H25N3O3/c1-3-25-17-11-16(23)19(17)7-9-22(10-8-19)18(24)21-15-6-4-5-14(12-20)13(15)2/h4-6,16-17,23H,3,7-11H2,1-2H3,(H,21,24)/t16-,17-/m1/s1. The van der Waals surface area contributed by atoms with Crippen LogP contribution in [0.15, 0.2) is 18.2 Å². The number of hydrogen-bond acceptors (Lipinski definition) is 4. The van der Waals surface area contributed by atoms with Crippen LogP contribution in [0.3, 0.4) is 0 Å². The van der Waals surface area contributed by atoms with Crippen molar-refractivity contribution >= 4 is 11.7 Å². The second-order valence-electron chi connectivity index (χ2n) is 6.94. The molecule has 2 atom stereocenters. The van der Waals surface area contributed by atoms with Gasteiger partial charge in [0.1, 0.15) is 0 Å². The average molecular weight is 343 g/mol. The number of benzene rings is 1. The van der Waals surface area contributed by atoms with E-state index in [-0.39, 0.29) is 23.7 Å². The Morgan fingerprint density at radius 1 is 1.48 bits per heavy atom. The van der Waals surface area contributed by atoms with E-state index < -0.39 is 0 Å². The number of aliphatic hydroxyl groups is 1. The summed E-state index contributed by atoms with van der Waals surface area (Å²) < 4.78 is 5.76. The number of ether oxygens (including phenoxy) is 1. The number of hydrogen-bond donors (Lipinski definition) is 2. The van der Waals surface area contributed by atoms with Gasteiger partial charge in [-0.15, -0.1) is 0 Å². The quantitative estimate of drug-likeness (QED) is 0.883. The van der Waals surface area contributed by atoms with Crippen molar-refractivity contribution < 1.29 is 14.6 Å². The minimum Gasteiger partial charge on any atom is -0.392 e. The highest BCUT2D eigenvalue weighted by Gasteiger charge is 2.56. The van der Waals surface area contributed by atoms with Gasteiger partial charge >= 0.3 is 6.03 Å². The van der Waals surface area contributed by atoms with Crippen molar-refractivity contribution in [2.45, 2.75) is 45.3 Å². The van der Waals surface area contributed by atoms with Crippen molar-refractivity contribution in [1.82, 2.24) is 4.90 Å². The third-order valence-corrected chi connectivity index (χ3v) is 5.79. The Kier molecular flexibility index (Phi) is 4.98. The number of urea groups is 1. The molecule has 6 nitrogen and oxygen atoms in total.